The minimum atomic E-state index is 0.608. The van der Waals surface area contributed by atoms with Gasteiger partial charge in [-0.1, -0.05) is 0 Å². The molecule has 0 atom stereocenters. The van der Waals surface area contributed by atoms with E-state index in [0.717, 1.165) is 42.4 Å². The summed E-state index contributed by atoms with van der Waals surface area (Å²) in [7, 11) is 0. The van der Waals surface area contributed by atoms with Crippen LogP contribution in [0, 0.1) is 0 Å². The van der Waals surface area contributed by atoms with E-state index in [9.17, 15) is 0 Å². The SMILES string of the molecule is c1coc(-c2nc3c4c5c(sc4nc(N4CCOCC4)n3n2)CCC5)c1. The third-order valence-corrected chi connectivity index (χ3v) is 6.35. The number of hydrogen-bond acceptors (Lipinski definition) is 7. The van der Waals surface area contributed by atoms with E-state index in [4.69, 9.17) is 24.2 Å². The average molecular weight is 367 g/mol. The maximum absolute atomic E-state index is 5.53. The predicted molar refractivity (Wildman–Crippen MR) is 98.9 cm³/mol. The van der Waals surface area contributed by atoms with Crippen molar-refractivity contribution in [3.8, 4) is 11.6 Å². The summed E-state index contributed by atoms with van der Waals surface area (Å²) in [6.45, 7) is 3.05. The molecule has 4 aromatic heterocycles. The van der Waals surface area contributed by atoms with Gasteiger partial charge in [0.15, 0.2) is 11.4 Å². The van der Waals surface area contributed by atoms with E-state index in [2.05, 4.69) is 4.90 Å². The molecule has 132 valence electrons. The van der Waals surface area contributed by atoms with Crippen LogP contribution < -0.4 is 4.90 Å². The minimum Gasteiger partial charge on any atom is -0.461 e. The molecule has 2 aliphatic rings. The molecular weight excluding hydrogens is 350 g/mol. The van der Waals surface area contributed by atoms with Gasteiger partial charge in [0.05, 0.1) is 24.9 Å². The fraction of sp³-hybridized carbons (Fsp3) is 0.389. The fourth-order valence-electron chi connectivity index (χ4n) is 3.93. The fourth-order valence-corrected chi connectivity index (χ4v) is 5.18. The van der Waals surface area contributed by atoms with Crippen molar-refractivity contribution in [2.45, 2.75) is 19.3 Å². The maximum atomic E-state index is 5.53. The van der Waals surface area contributed by atoms with Crippen LogP contribution in [0.15, 0.2) is 22.8 Å². The van der Waals surface area contributed by atoms with Crippen LogP contribution in [-0.4, -0.2) is 45.9 Å². The first-order valence-electron chi connectivity index (χ1n) is 8.96. The van der Waals surface area contributed by atoms with Gasteiger partial charge in [0.2, 0.25) is 11.8 Å². The van der Waals surface area contributed by atoms with E-state index >= 15 is 0 Å². The Kier molecular flexibility index (Phi) is 3.12. The average Bonchev–Trinajstić information content (AvgIpc) is 3.42. The highest BCUT2D eigenvalue weighted by molar-refractivity contribution is 7.19. The Labute approximate surface area is 153 Å². The van der Waals surface area contributed by atoms with E-state index in [1.807, 2.05) is 28.0 Å². The van der Waals surface area contributed by atoms with Gasteiger partial charge in [0, 0.05) is 18.0 Å². The Hall–Kier alpha value is -2.45. The highest BCUT2D eigenvalue weighted by Crippen LogP contribution is 2.39. The number of furan rings is 1. The number of aryl methyl sites for hydroxylation is 2. The maximum Gasteiger partial charge on any atom is 0.230 e. The number of ether oxygens (including phenoxy) is 1. The molecule has 8 heteroatoms. The summed E-state index contributed by atoms with van der Waals surface area (Å²) in [4.78, 5) is 14.6. The lowest BCUT2D eigenvalue weighted by Crippen LogP contribution is -2.38. The van der Waals surface area contributed by atoms with Crippen molar-refractivity contribution < 1.29 is 9.15 Å². The molecule has 6 rings (SSSR count). The Morgan fingerprint density at radius 1 is 1.12 bits per heavy atom. The quantitative estimate of drug-likeness (QED) is 0.543. The summed E-state index contributed by atoms with van der Waals surface area (Å²) in [5, 5.41) is 5.93. The van der Waals surface area contributed by atoms with E-state index in [0.29, 0.717) is 24.8 Å². The summed E-state index contributed by atoms with van der Waals surface area (Å²) in [5.41, 5.74) is 2.30. The molecule has 0 N–H and O–H groups in total. The third kappa shape index (κ3) is 2.05. The summed E-state index contributed by atoms with van der Waals surface area (Å²) >= 11 is 1.81. The van der Waals surface area contributed by atoms with Gasteiger partial charge in [-0.15, -0.1) is 16.4 Å². The largest absolute Gasteiger partial charge is 0.461 e. The van der Waals surface area contributed by atoms with Crippen molar-refractivity contribution >= 4 is 33.1 Å². The molecule has 0 radical (unpaired) electrons. The molecular formula is C18H17N5O2S. The molecule has 5 heterocycles. The van der Waals surface area contributed by atoms with Crippen molar-refractivity contribution in [1.82, 2.24) is 19.6 Å². The van der Waals surface area contributed by atoms with Crippen LogP contribution >= 0.6 is 11.3 Å². The molecule has 0 spiro atoms. The van der Waals surface area contributed by atoms with Crippen molar-refractivity contribution in [2.75, 3.05) is 31.2 Å². The zero-order chi connectivity index (χ0) is 17.1. The van der Waals surface area contributed by atoms with Crippen LogP contribution in [0.25, 0.3) is 27.4 Å². The lowest BCUT2D eigenvalue weighted by atomic mass is 10.2. The van der Waals surface area contributed by atoms with Gasteiger partial charge in [-0.25, -0.2) is 9.97 Å². The lowest BCUT2D eigenvalue weighted by Gasteiger charge is -2.27. The van der Waals surface area contributed by atoms with Crippen LogP contribution in [0.3, 0.4) is 0 Å². The van der Waals surface area contributed by atoms with Gasteiger partial charge in [-0.3, -0.25) is 0 Å². The molecule has 1 saturated heterocycles. The van der Waals surface area contributed by atoms with Crippen molar-refractivity contribution in [2.24, 2.45) is 0 Å². The number of aromatic nitrogens is 4. The second-order valence-electron chi connectivity index (χ2n) is 6.70. The molecule has 26 heavy (non-hydrogen) atoms. The molecule has 7 nitrogen and oxygen atoms in total. The Bertz CT molecular complexity index is 1110. The zero-order valence-electron chi connectivity index (χ0n) is 14.1. The highest BCUT2D eigenvalue weighted by atomic mass is 32.1. The van der Waals surface area contributed by atoms with E-state index in [1.54, 1.807) is 6.26 Å². The number of anilines is 1. The summed E-state index contributed by atoms with van der Waals surface area (Å²) in [6.07, 6.45) is 5.12. The minimum absolute atomic E-state index is 0.608. The van der Waals surface area contributed by atoms with Gasteiger partial charge in [-0.2, -0.15) is 4.52 Å². The van der Waals surface area contributed by atoms with E-state index in [-0.39, 0.29) is 0 Å². The number of morpholine rings is 1. The van der Waals surface area contributed by atoms with Crippen molar-refractivity contribution in [3.63, 3.8) is 0 Å². The topological polar surface area (TPSA) is 68.7 Å². The summed E-state index contributed by atoms with van der Waals surface area (Å²) < 4.78 is 12.9. The van der Waals surface area contributed by atoms with Gasteiger partial charge in [0.1, 0.15) is 4.83 Å². The number of hydrogen-bond donors (Lipinski definition) is 0. The molecule has 4 aromatic rings. The van der Waals surface area contributed by atoms with Gasteiger partial charge in [-0.05, 0) is 37.0 Å². The molecule has 1 aliphatic carbocycles. The van der Waals surface area contributed by atoms with Gasteiger partial charge in [0.25, 0.3) is 0 Å². The second kappa shape index (κ2) is 5.52. The first-order chi connectivity index (χ1) is 12.9. The number of rotatable bonds is 2. The van der Waals surface area contributed by atoms with Crippen molar-refractivity contribution in [1.29, 1.82) is 0 Å². The molecule has 0 amide bonds. The Morgan fingerprint density at radius 3 is 2.88 bits per heavy atom. The highest BCUT2D eigenvalue weighted by Gasteiger charge is 2.26. The lowest BCUT2D eigenvalue weighted by molar-refractivity contribution is 0.122. The smallest absolute Gasteiger partial charge is 0.230 e. The number of fused-ring (bicyclic) bond motifs is 5. The molecule has 0 bridgehead atoms. The van der Waals surface area contributed by atoms with Gasteiger partial charge < -0.3 is 14.1 Å². The number of nitrogens with zero attached hydrogens (tertiary/aromatic N) is 5. The van der Waals surface area contributed by atoms with Crippen LogP contribution in [-0.2, 0) is 17.6 Å². The molecule has 1 fully saturated rings. The molecule has 1 aliphatic heterocycles. The normalized spacial score (nSPS) is 17.5. The predicted octanol–water partition coefficient (Wildman–Crippen LogP) is 2.92. The third-order valence-electron chi connectivity index (χ3n) is 5.16. The molecule has 0 aromatic carbocycles. The molecule has 0 saturated carbocycles. The summed E-state index contributed by atoms with van der Waals surface area (Å²) in [6, 6.07) is 3.76. The second-order valence-corrected chi connectivity index (χ2v) is 7.78. The van der Waals surface area contributed by atoms with E-state index < -0.39 is 0 Å². The van der Waals surface area contributed by atoms with Crippen LogP contribution in [0.5, 0.6) is 0 Å². The standard InChI is InChI=1S/C18H17N5O2S/c1-3-11-13(5-1)26-17-14(11)16-19-15(12-4-2-8-25-12)21-23(16)18(20-17)22-6-9-24-10-7-22/h2,4,8H,1,3,5-7,9-10H2. The van der Waals surface area contributed by atoms with Crippen LogP contribution in [0.4, 0.5) is 5.95 Å². The van der Waals surface area contributed by atoms with Crippen LogP contribution in [0.2, 0.25) is 0 Å². The Balaban J connectivity index is 1.66. The first-order valence-corrected chi connectivity index (χ1v) is 9.78. The Morgan fingerprint density at radius 2 is 2.04 bits per heavy atom. The van der Waals surface area contributed by atoms with Crippen molar-refractivity contribution in [3.05, 3.63) is 28.8 Å². The van der Waals surface area contributed by atoms with Gasteiger partial charge >= 0.3 is 0 Å². The summed E-state index contributed by atoms with van der Waals surface area (Å²) in [5.74, 6) is 2.14. The zero-order valence-corrected chi connectivity index (χ0v) is 15.0. The first kappa shape index (κ1) is 14.7. The van der Waals surface area contributed by atoms with E-state index in [1.165, 1.54) is 22.2 Å². The number of thiophene rings is 1. The monoisotopic (exact) mass is 367 g/mol. The van der Waals surface area contributed by atoms with Crippen LogP contribution in [0.1, 0.15) is 16.9 Å². The molecule has 0 unspecified atom stereocenters.